The van der Waals surface area contributed by atoms with Gasteiger partial charge in [0.2, 0.25) is 0 Å². The van der Waals surface area contributed by atoms with E-state index in [-0.39, 0.29) is 23.7 Å². The molecule has 112 valence electrons. The molecule has 0 bridgehead atoms. The van der Waals surface area contributed by atoms with Crippen LogP contribution in [-0.4, -0.2) is 25.7 Å². The summed E-state index contributed by atoms with van der Waals surface area (Å²) in [5, 5.41) is 1.94. The molecule has 0 unspecified atom stereocenters. The van der Waals surface area contributed by atoms with Gasteiger partial charge < -0.3 is 5.73 Å². The Hall–Kier alpha value is -1.88. The molecule has 0 fully saturated rings. The number of sulfone groups is 1. The smallest absolute Gasteiger partial charge is 0.164 e. The molecule has 4 nitrogen and oxygen atoms in total. The highest BCUT2D eigenvalue weighted by Crippen LogP contribution is 2.23. The maximum Gasteiger partial charge on any atom is 0.164 e. The van der Waals surface area contributed by atoms with Crippen molar-refractivity contribution in [3.63, 3.8) is 0 Å². The number of carbonyl (C=O) groups is 1. The fraction of sp³-hybridized carbons (Fsp3) is 0.312. The number of anilines is 1. The molecule has 0 aliphatic carbocycles. The molecular formula is C16H19NO3S. The van der Waals surface area contributed by atoms with Crippen LogP contribution in [0.5, 0.6) is 0 Å². The second-order valence-corrected chi connectivity index (χ2v) is 7.52. The van der Waals surface area contributed by atoms with Crippen LogP contribution in [0.2, 0.25) is 0 Å². The Labute approximate surface area is 124 Å². The van der Waals surface area contributed by atoms with Crippen LogP contribution in [0, 0.1) is 0 Å². The van der Waals surface area contributed by atoms with E-state index < -0.39 is 9.84 Å². The van der Waals surface area contributed by atoms with Gasteiger partial charge in [-0.05, 0) is 29.3 Å². The summed E-state index contributed by atoms with van der Waals surface area (Å²) in [5.41, 5.74) is 6.85. The number of hydrogen-bond donors (Lipinski definition) is 1. The molecule has 0 aliphatic heterocycles. The lowest BCUT2D eigenvalue weighted by atomic mass is 10.0. The maximum absolute atomic E-state index is 12.2. The summed E-state index contributed by atoms with van der Waals surface area (Å²) in [6.07, 6.45) is 0.531. The van der Waals surface area contributed by atoms with Crippen LogP contribution in [0.4, 0.5) is 5.69 Å². The Morgan fingerprint density at radius 2 is 1.76 bits per heavy atom. The van der Waals surface area contributed by atoms with E-state index in [9.17, 15) is 13.2 Å². The Bertz CT molecular complexity index is 766. The zero-order valence-corrected chi connectivity index (χ0v) is 12.8. The van der Waals surface area contributed by atoms with Crippen LogP contribution < -0.4 is 5.73 Å². The van der Waals surface area contributed by atoms with Crippen molar-refractivity contribution in [1.29, 1.82) is 0 Å². The fourth-order valence-corrected chi connectivity index (χ4v) is 3.10. The maximum atomic E-state index is 12.2. The predicted molar refractivity (Wildman–Crippen MR) is 86.3 cm³/mol. The van der Waals surface area contributed by atoms with Gasteiger partial charge in [0, 0.05) is 23.4 Å². The number of ketones is 1. The lowest BCUT2D eigenvalue weighted by molar-refractivity contribution is 0.0983. The van der Waals surface area contributed by atoms with Gasteiger partial charge in [-0.3, -0.25) is 4.79 Å². The Kier molecular flexibility index (Phi) is 4.63. The molecule has 0 radical (unpaired) electrons. The van der Waals surface area contributed by atoms with E-state index in [0.717, 1.165) is 10.8 Å². The highest BCUT2D eigenvalue weighted by atomic mass is 32.2. The zero-order valence-electron chi connectivity index (χ0n) is 12.0. The summed E-state index contributed by atoms with van der Waals surface area (Å²) >= 11 is 0. The summed E-state index contributed by atoms with van der Waals surface area (Å²) in [5.74, 6) is 0.0479. The van der Waals surface area contributed by atoms with Crippen molar-refractivity contribution in [2.75, 3.05) is 17.2 Å². The van der Waals surface area contributed by atoms with Crippen molar-refractivity contribution in [2.45, 2.75) is 19.8 Å². The van der Waals surface area contributed by atoms with Crippen LogP contribution in [0.3, 0.4) is 0 Å². The van der Waals surface area contributed by atoms with Gasteiger partial charge in [-0.15, -0.1) is 0 Å². The number of nitrogen functional groups attached to an aromatic ring is 1. The number of hydrogen-bond acceptors (Lipinski definition) is 4. The van der Waals surface area contributed by atoms with Crippen molar-refractivity contribution in [1.82, 2.24) is 0 Å². The fourth-order valence-electron chi connectivity index (χ4n) is 2.23. The first-order chi connectivity index (χ1) is 9.93. The molecule has 0 atom stereocenters. The van der Waals surface area contributed by atoms with E-state index in [4.69, 9.17) is 5.73 Å². The quantitative estimate of drug-likeness (QED) is 0.657. The first-order valence-corrected chi connectivity index (χ1v) is 8.77. The lowest BCUT2D eigenvalue weighted by Crippen LogP contribution is -2.11. The summed E-state index contributed by atoms with van der Waals surface area (Å²) in [6.45, 7) is 1.61. The van der Waals surface area contributed by atoms with Crippen LogP contribution in [0.25, 0.3) is 10.8 Å². The Morgan fingerprint density at radius 1 is 1.14 bits per heavy atom. The minimum absolute atomic E-state index is 0.0444. The largest absolute Gasteiger partial charge is 0.398 e. The molecule has 2 rings (SSSR count). The van der Waals surface area contributed by atoms with Gasteiger partial charge in [0.1, 0.15) is 9.84 Å². The third kappa shape index (κ3) is 3.82. The molecule has 5 heteroatoms. The van der Waals surface area contributed by atoms with Crippen LogP contribution >= 0.6 is 0 Å². The minimum Gasteiger partial charge on any atom is -0.398 e. The van der Waals surface area contributed by atoms with E-state index in [1.807, 2.05) is 24.3 Å². The van der Waals surface area contributed by atoms with E-state index >= 15 is 0 Å². The number of carbonyl (C=O) groups excluding carboxylic acids is 1. The summed E-state index contributed by atoms with van der Waals surface area (Å²) in [4.78, 5) is 12.2. The Balaban J connectivity index is 2.14. The van der Waals surface area contributed by atoms with Crippen LogP contribution in [0.15, 0.2) is 36.4 Å². The summed E-state index contributed by atoms with van der Waals surface area (Å²) < 4.78 is 22.8. The molecule has 0 amide bonds. The van der Waals surface area contributed by atoms with Gasteiger partial charge in [-0.1, -0.05) is 31.2 Å². The number of rotatable bonds is 6. The van der Waals surface area contributed by atoms with Gasteiger partial charge in [-0.2, -0.15) is 0 Å². The SMILES string of the molecule is CCS(=O)(=O)CCCC(=O)c1cc2ccccc2cc1N. The average molecular weight is 305 g/mol. The minimum atomic E-state index is -3.03. The van der Waals surface area contributed by atoms with Crippen molar-refractivity contribution >= 4 is 32.1 Å². The molecule has 2 aromatic carbocycles. The second-order valence-electron chi connectivity index (χ2n) is 5.05. The number of fused-ring (bicyclic) bond motifs is 1. The molecule has 0 heterocycles. The van der Waals surface area contributed by atoms with E-state index in [0.29, 0.717) is 17.7 Å². The molecule has 0 aliphatic rings. The standard InChI is InChI=1S/C16H19NO3S/c1-2-21(19,20)9-5-8-16(18)14-10-12-6-3-4-7-13(12)11-15(14)17/h3-4,6-7,10-11H,2,5,8-9,17H2,1H3. The molecule has 0 saturated carbocycles. The third-order valence-corrected chi connectivity index (χ3v) is 5.31. The van der Waals surface area contributed by atoms with E-state index in [2.05, 4.69) is 0 Å². The second kappa shape index (κ2) is 6.26. The van der Waals surface area contributed by atoms with E-state index in [1.165, 1.54) is 0 Å². The van der Waals surface area contributed by atoms with Gasteiger partial charge in [0.15, 0.2) is 5.78 Å². The van der Waals surface area contributed by atoms with Gasteiger partial charge in [0.05, 0.1) is 5.75 Å². The van der Waals surface area contributed by atoms with Crippen molar-refractivity contribution in [3.05, 3.63) is 42.0 Å². The normalized spacial score (nSPS) is 11.7. The summed E-state index contributed by atoms with van der Waals surface area (Å²) in [7, 11) is -3.03. The highest BCUT2D eigenvalue weighted by Gasteiger charge is 2.13. The lowest BCUT2D eigenvalue weighted by Gasteiger charge is -2.07. The van der Waals surface area contributed by atoms with Crippen LogP contribution in [0.1, 0.15) is 30.1 Å². The number of nitrogens with two attached hydrogens (primary N) is 1. The van der Waals surface area contributed by atoms with Crippen molar-refractivity contribution in [3.8, 4) is 0 Å². The molecule has 0 aromatic heterocycles. The predicted octanol–water partition coefficient (Wildman–Crippen LogP) is 2.82. The Morgan fingerprint density at radius 3 is 2.38 bits per heavy atom. The molecule has 0 spiro atoms. The van der Waals surface area contributed by atoms with Crippen molar-refractivity contribution < 1.29 is 13.2 Å². The van der Waals surface area contributed by atoms with Gasteiger partial charge >= 0.3 is 0 Å². The summed E-state index contributed by atoms with van der Waals surface area (Å²) in [6, 6.07) is 11.2. The van der Waals surface area contributed by atoms with Crippen molar-refractivity contribution in [2.24, 2.45) is 0 Å². The molecule has 21 heavy (non-hydrogen) atoms. The monoisotopic (exact) mass is 305 g/mol. The number of benzene rings is 2. The molecule has 2 N–H and O–H groups in total. The topological polar surface area (TPSA) is 77.2 Å². The number of Topliss-reactive ketones (excluding diaryl/α,β-unsaturated/α-hetero) is 1. The molecular weight excluding hydrogens is 286 g/mol. The van der Waals surface area contributed by atoms with Gasteiger partial charge in [0.25, 0.3) is 0 Å². The highest BCUT2D eigenvalue weighted by molar-refractivity contribution is 7.91. The van der Waals surface area contributed by atoms with E-state index in [1.54, 1.807) is 19.1 Å². The molecule has 2 aromatic rings. The van der Waals surface area contributed by atoms with Crippen LogP contribution in [-0.2, 0) is 9.84 Å². The molecule has 0 saturated heterocycles. The first-order valence-electron chi connectivity index (χ1n) is 6.95. The third-order valence-electron chi connectivity index (χ3n) is 3.52. The van der Waals surface area contributed by atoms with Gasteiger partial charge in [-0.25, -0.2) is 8.42 Å². The first kappa shape index (κ1) is 15.5. The average Bonchev–Trinajstić information content (AvgIpc) is 2.46. The zero-order chi connectivity index (χ0) is 15.5.